The first-order valence-corrected chi connectivity index (χ1v) is 5.99. The number of carbonyl (C=O) groups excluding carboxylic acids is 1. The zero-order chi connectivity index (χ0) is 12.0. The summed E-state index contributed by atoms with van der Waals surface area (Å²) < 4.78 is 0. The van der Waals surface area contributed by atoms with Crippen molar-refractivity contribution in [1.82, 2.24) is 4.90 Å². The molecule has 0 bridgehead atoms. The van der Waals surface area contributed by atoms with Crippen LogP contribution in [0.15, 0.2) is 0 Å². The number of nitrogens with zero attached hydrogens (tertiary/aromatic N) is 2. The van der Waals surface area contributed by atoms with Crippen LogP contribution in [0.1, 0.15) is 38.5 Å². The highest BCUT2D eigenvalue weighted by Crippen LogP contribution is 2.36. The van der Waals surface area contributed by atoms with Gasteiger partial charge in [0, 0.05) is 20.1 Å². The summed E-state index contributed by atoms with van der Waals surface area (Å²) in [6.07, 6.45) is 5.59. The largest absolute Gasteiger partial charge is 0.344 e. The number of hydrogen-bond acceptors (Lipinski definition) is 3. The van der Waals surface area contributed by atoms with E-state index < -0.39 is 0 Å². The summed E-state index contributed by atoms with van der Waals surface area (Å²) in [5.41, 5.74) is 5.45. The zero-order valence-electron chi connectivity index (χ0n) is 10.0. The molecule has 90 valence electrons. The van der Waals surface area contributed by atoms with E-state index in [2.05, 4.69) is 6.07 Å². The Morgan fingerprint density at radius 1 is 1.44 bits per heavy atom. The Hall–Kier alpha value is -1.08. The van der Waals surface area contributed by atoms with Gasteiger partial charge in [-0.1, -0.05) is 19.3 Å². The highest BCUT2D eigenvalue weighted by molar-refractivity contribution is 5.82. The fourth-order valence-electron chi connectivity index (χ4n) is 2.46. The Kier molecular flexibility index (Phi) is 4.75. The van der Waals surface area contributed by atoms with Gasteiger partial charge in [0.05, 0.1) is 17.9 Å². The molecule has 2 N–H and O–H groups in total. The van der Waals surface area contributed by atoms with Gasteiger partial charge in [-0.3, -0.25) is 4.79 Å². The van der Waals surface area contributed by atoms with Gasteiger partial charge in [0.1, 0.15) is 0 Å². The summed E-state index contributed by atoms with van der Waals surface area (Å²) in [6.45, 7) is 0.944. The molecule has 4 nitrogen and oxygen atoms in total. The van der Waals surface area contributed by atoms with Gasteiger partial charge in [-0.15, -0.1) is 0 Å². The Morgan fingerprint density at radius 2 is 2.06 bits per heavy atom. The van der Waals surface area contributed by atoms with Crippen LogP contribution in [0.4, 0.5) is 0 Å². The third-order valence-corrected chi connectivity index (χ3v) is 3.56. The van der Waals surface area contributed by atoms with Crippen molar-refractivity contribution in [3.63, 3.8) is 0 Å². The Balaban J connectivity index is 2.64. The minimum absolute atomic E-state index is 0.130. The van der Waals surface area contributed by atoms with Crippen molar-refractivity contribution in [2.24, 2.45) is 11.1 Å². The highest BCUT2D eigenvalue weighted by atomic mass is 16.2. The van der Waals surface area contributed by atoms with Crippen molar-refractivity contribution in [2.45, 2.75) is 38.5 Å². The second kappa shape index (κ2) is 5.86. The van der Waals surface area contributed by atoms with Gasteiger partial charge >= 0.3 is 0 Å². The number of amides is 1. The van der Waals surface area contributed by atoms with Gasteiger partial charge in [0.15, 0.2) is 0 Å². The molecule has 0 aromatic carbocycles. The first kappa shape index (κ1) is 13.0. The lowest BCUT2D eigenvalue weighted by Crippen LogP contribution is -2.48. The molecule has 0 unspecified atom stereocenters. The van der Waals surface area contributed by atoms with Crippen LogP contribution in [-0.4, -0.2) is 30.9 Å². The van der Waals surface area contributed by atoms with Crippen molar-refractivity contribution >= 4 is 5.91 Å². The van der Waals surface area contributed by atoms with Crippen molar-refractivity contribution in [1.29, 1.82) is 5.26 Å². The third kappa shape index (κ3) is 2.73. The van der Waals surface area contributed by atoms with Gasteiger partial charge in [0.25, 0.3) is 0 Å². The summed E-state index contributed by atoms with van der Waals surface area (Å²) in [4.78, 5) is 14.0. The van der Waals surface area contributed by atoms with Crippen molar-refractivity contribution in [2.75, 3.05) is 20.1 Å². The van der Waals surface area contributed by atoms with Gasteiger partial charge < -0.3 is 10.6 Å². The molecule has 0 heterocycles. The maximum Gasteiger partial charge on any atom is 0.229 e. The molecule has 0 spiro atoms. The molecule has 1 amide bonds. The molecule has 1 rings (SSSR count). The monoisotopic (exact) mass is 223 g/mol. The van der Waals surface area contributed by atoms with E-state index >= 15 is 0 Å². The molecule has 16 heavy (non-hydrogen) atoms. The lowest BCUT2D eigenvalue weighted by Gasteiger charge is -2.37. The quantitative estimate of drug-likeness (QED) is 0.780. The fourth-order valence-corrected chi connectivity index (χ4v) is 2.46. The van der Waals surface area contributed by atoms with Gasteiger partial charge in [0.2, 0.25) is 5.91 Å². The number of carbonyl (C=O) groups is 1. The first-order chi connectivity index (χ1) is 7.66. The van der Waals surface area contributed by atoms with Gasteiger partial charge in [-0.05, 0) is 12.8 Å². The summed E-state index contributed by atoms with van der Waals surface area (Å²) in [6, 6.07) is 2.06. The lowest BCUT2D eigenvalue weighted by molar-refractivity contribution is -0.142. The molecule has 0 aliphatic heterocycles. The maximum absolute atomic E-state index is 12.3. The van der Waals surface area contributed by atoms with Crippen molar-refractivity contribution in [3.8, 4) is 6.07 Å². The smallest absolute Gasteiger partial charge is 0.229 e. The van der Waals surface area contributed by atoms with E-state index in [0.29, 0.717) is 19.5 Å². The summed E-state index contributed by atoms with van der Waals surface area (Å²) in [5, 5.41) is 8.52. The Labute approximate surface area is 97.4 Å². The second-order valence-electron chi connectivity index (χ2n) is 4.68. The molecule has 0 radical (unpaired) electrons. The fraction of sp³-hybridized carbons (Fsp3) is 0.833. The van der Waals surface area contributed by atoms with Crippen LogP contribution in [0.3, 0.4) is 0 Å². The minimum Gasteiger partial charge on any atom is -0.344 e. The number of nitriles is 1. The molecule has 0 atom stereocenters. The van der Waals surface area contributed by atoms with Crippen LogP contribution in [-0.2, 0) is 4.79 Å². The highest BCUT2D eigenvalue weighted by Gasteiger charge is 2.39. The molecule has 1 saturated carbocycles. The van der Waals surface area contributed by atoms with E-state index in [9.17, 15) is 4.79 Å². The first-order valence-electron chi connectivity index (χ1n) is 5.99. The van der Waals surface area contributed by atoms with E-state index in [0.717, 1.165) is 25.7 Å². The molecule has 1 fully saturated rings. The molecule has 0 aromatic rings. The topological polar surface area (TPSA) is 70.1 Å². The second-order valence-corrected chi connectivity index (χ2v) is 4.68. The molecular weight excluding hydrogens is 202 g/mol. The lowest BCUT2D eigenvalue weighted by atomic mass is 9.73. The van der Waals surface area contributed by atoms with Crippen LogP contribution in [0.2, 0.25) is 0 Å². The van der Waals surface area contributed by atoms with E-state index in [-0.39, 0.29) is 11.3 Å². The van der Waals surface area contributed by atoms with Crippen molar-refractivity contribution in [3.05, 3.63) is 0 Å². The third-order valence-electron chi connectivity index (χ3n) is 3.56. The molecule has 1 aliphatic rings. The van der Waals surface area contributed by atoms with Crippen LogP contribution in [0, 0.1) is 16.7 Å². The summed E-state index contributed by atoms with van der Waals surface area (Å²) in [5.74, 6) is 0.130. The predicted molar refractivity (Wildman–Crippen MR) is 62.4 cm³/mol. The van der Waals surface area contributed by atoms with Crippen LogP contribution < -0.4 is 5.73 Å². The predicted octanol–water partition coefficient (Wildman–Crippen LogP) is 1.27. The Morgan fingerprint density at radius 3 is 2.56 bits per heavy atom. The molecule has 0 saturated heterocycles. The standard InChI is InChI=1S/C12H21N3O/c1-15(9-5-8-13)11(16)12(10-14)6-3-2-4-7-12/h2-7,9-10,14H2,1H3. The number of hydrogen-bond donors (Lipinski definition) is 1. The SMILES string of the molecule is CN(CCC#N)C(=O)C1(CN)CCCCC1. The van der Waals surface area contributed by atoms with Gasteiger partial charge in [-0.2, -0.15) is 5.26 Å². The molecule has 1 aliphatic carbocycles. The van der Waals surface area contributed by atoms with E-state index in [1.165, 1.54) is 6.42 Å². The maximum atomic E-state index is 12.3. The molecule has 0 aromatic heterocycles. The van der Waals surface area contributed by atoms with Crippen LogP contribution >= 0.6 is 0 Å². The van der Waals surface area contributed by atoms with E-state index in [1.54, 1.807) is 11.9 Å². The normalized spacial score (nSPS) is 18.8. The zero-order valence-corrected chi connectivity index (χ0v) is 10.0. The molecule has 4 heteroatoms. The van der Waals surface area contributed by atoms with E-state index in [1.807, 2.05) is 0 Å². The number of nitrogens with two attached hydrogens (primary N) is 1. The van der Waals surface area contributed by atoms with Gasteiger partial charge in [-0.25, -0.2) is 0 Å². The average Bonchev–Trinajstić information content (AvgIpc) is 2.35. The molecular formula is C12H21N3O. The Bertz CT molecular complexity index is 276. The van der Waals surface area contributed by atoms with Crippen LogP contribution in [0.25, 0.3) is 0 Å². The van der Waals surface area contributed by atoms with E-state index in [4.69, 9.17) is 11.0 Å². The van der Waals surface area contributed by atoms with Crippen LogP contribution in [0.5, 0.6) is 0 Å². The summed E-state index contributed by atoms with van der Waals surface area (Å²) in [7, 11) is 1.77. The average molecular weight is 223 g/mol. The van der Waals surface area contributed by atoms with Crippen molar-refractivity contribution < 1.29 is 4.79 Å². The number of rotatable bonds is 4. The minimum atomic E-state index is -0.345. The summed E-state index contributed by atoms with van der Waals surface area (Å²) >= 11 is 0.